The third kappa shape index (κ3) is 6.54. The van der Waals surface area contributed by atoms with E-state index in [0.29, 0.717) is 56.6 Å². The second-order valence-electron chi connectivity index (χ2n) is 12.9. The van der Waals surface area contributed by atoms with Gasteiger partial charge in [0, 0.05) is 51.9 Å². The van der Waals surface area contributed by atoms with Gasteiger partial charge in [-0.05, 0) is 94.3 Å². The Balaban J connectivity index is 0.000000169. The number of aryl methyl sites for hydroxylation is 5. The van der Waals surface area contributed by atoms with E-state index in [0.717, 1.165) is 46.6 Å². The molecule has 0 spiro atoms. The Morgan fingerprint density at radius 3 is 1.45 bits per heavy atom. The fourth-order valence-corrected chi connectivity index (χ4v) is 6.89. The smallest absolute Gasteiger partial charge is 0.190 e. The molecular weight excluding hydrogens is 716 g/mol. The molecule has 0 fully saturated rings. The summed E-state index contributed by atoms with van der Waals surface area (Å²) in [5.74, 6) is -1.71. The van der Waals surface area contributed by atoms with Crippen LogP contribution in [0.3, 0.4) is 0 Å². The number of hydrogen-bond donors (Lipinski definition) is 0. The first-order valence-corrected chi connectivity index (χ1v) is 16.9. The molecule has 0 radical (unpaired) electrons. The Bertz CT molecular complexity index is 2920. The molecule has 0 unspecified atom stereocenters. The normalized spacial score (nSPS) is 11.2. The maximum Gasteiger partial charge on any atom is 0.190 e. The van der Waals surface area contributed by atoms with Crippen molar-refractivity contribution in [3.05, 3.63) is 163 Å². The van der Waals surface area contributed by atoms with Crippen LogP contribution in [0.2, 0.25) is 0 Å². The summed E-state index contributed by atoms with van der Waals surface area (Å²) in [5.41, 5.74) is 5.42. The Hall–Kier alpha value is -6.89. The minimum atomic E-state index is -0.851. The zero-order valence-electron chi connectivity index (χ0n) is 30.0. The van der Waals surface area contributed by atoms with Crippen LogP contribution >= 0.6 is 0 Å². The Kier molecular flexibility index (Phi) is 9.39. The van der Waals surface area contributed by atoms with Crippen molar-refractivity contribution in [3.63, 3.8) is 0 Å². The first-order valence-electron chi connectivity index (χ1n) is 16.9. The molecule has 0 N–H and O–H groups in total. The molecule has 0 saturated heterocycles. The summed E-state index contributed by atoms with van der Waals surface area (Å²) in [6, 6.07) is 19.3. The van der Waals surface area contributed by atoms with E-state index in [-0.39, 0.29) is 27.9 Å². The van der Waals surface area contributed by atoms with Crippen LogP contribution < -0.4 is 10.9 Å². The third-order valence-electron chi connectivity index (χ3n) is 9.30. The molecule has 0 amide bonds. The van der Waals surface area contributed by atoms with Crippen LogP contribution in [0.25, 0.3) is 55.4 Å². The molecular formula is C42H30F4N4O5. The van der Waals surface area contributed by atoms with E-state index in [2.05, 4.69) is 10.3 Å². The maximum absolute atomic E-state index is 14.5. The van der Waals surface area contributed by atoms with E-state index in [1.807, 2.05) is 19.9 Å². The SMILES string of the molecule is Cc1noc(C)c1-c1ccc2c(=O)cc(C)n(-c3ccc(F)cc3F)c2c1.Cc1noc(C)c1-c1ccc2c(=O)cc(C=O)n(-c3ccc(F)cc3F)c2c1. The van der Waals surface area contributed by atoms with E-state index in [1.54, 1.807) is 55.7 Å². The van der Waals surface area contributed by atoms with Crippen LogP contribution in [0.1, 0.15) is 39.1 Å². The van der Waals surface area contributed by atoms with Crippen LogP contribution in [0, 0.1) is 57.9 Å². The minimum absolute atomic E-state index is 0.0376. The fraction of sp³-hybridized carbons (Fsp3) is 0.119. The minimum Gasteiger partial charge on any atom is -0.361 e. The number of carbonyl (C=O) groups is 1. The molecule has 9 nitrogen and oxygen atoms in total. The molecule has 0 aliphatic rings. The molecule has 8 rings (SSSR count). The summed E-state index contributed by atoms with van der Waals surface area (Å²) >= 11 is 0. The summed E-state index contributed by atoms with van der Waals surface area (Å²) in [4.78, 5) is 36.5. The van der Waals surface area contributed by atoms with Gasteiger partial charge in [-0.1, -0.05) is 22.4 Å². The fourth-order valence-electron chi connectivity index (χ4n) is 6.89. The summed E-state index contributed by atoms with van der Waals surface area (Å²) in [7, 11) is 0. The Morgan fingerprint density at radius 1 is 0.564 bits per heavy atom. The number of hydrogen-bond acceptors (Lipinski definition) is 7. The average molecular weight is 747 g/mol. The summed E-state index contributed by atoms with van der Waals surface area (Å²) in [6.45, 7) is 8.90. The van der Waals surface area contributed by atoms with Crippen LogP contribution in [0.15, 0.2) is 104 Å². The van der Waals surface area contributed by atoms with E-state index in [9.17, 15) is 31.9 Å². The number of pyridine rings is 2. The van der Waals surface area contributed by atoms with Crippen molar-refractivity contribution >= 4 is 28.1 Å². The first kappa shape index (κ1) is 36.5. The molecule has 276 valence electrons. The zero-order chi connectivity index (χ0) is 39.3. The van der Waals surface area contributed by atoms with Crippen molar-refractivity contribution in [3.8, 4) is 33.6 Å². The number of fused-ring (bicyclic) bond motifs is 2. The molecule has 0 aliphatic heterocycles. The molecule has 55 heavy (non-hydrogen) atoms. The number of nitrogens with zero attached hydrogens (tertiary/aromatic N) is 4. The van der Waals surface area contributed by atoms with Gasteiger partial charge in [0.2, 0.25) is 0 Å². The highest BCUT2D eigenvalue weighted by molar-refractivity contribution is 5.90. The standard InChI is InChI=1S/C21H14F2N2O3.C21H16F2N2O2/c1-11-21(12(2)28-24-11)13-3-5-16-19(7-13)25(15(10-26)9-20(16)27)18-6-4-14(22)8-17(18)23;1-11-8-20(26)16-6-4-14(21-12(2)24-27-13(21)3)9-19(16)25(11)18-7-5-15(22)10-17(18)23/h3-10H,1-2H3;4-10H,1-3H3. The lowest BCUT2D eigenvalue weighted by molar-refractivity contribution is 0.111. The van der Waals surface area contributed by atoms with Gasteiger partial charge < -0.3 is 18.2 Å². The van der Waals surface area contributed by atoms with Crippen LogP contribution in [0.4, 0.5) is 17.6 Å². The number of aldehydes is 1. The lowest BCUT2D eigenvalue weighted by Crippen LogP contribution is -2.14. The highest BCUT2D eigenvalue weighted by atomic mass is 19.1. The molecule has 0 aliphatic carbocycles. The highest BCUT2D eigenvalue weighted by Crippen LogP contribution is 2.32. The van der Waals surface area contributed by atoms with Crippen molar-refractivity contribution in [1.82, 2.24) is 19.4 Å². The van der Waals surface area contributed by atoms with E-state index in [4.69, 9.17) is 9.05 Å². The van der Waals surface area contributed by atoms with Gasteiger partial charge in [-0.3, -0.25) is 14.4 Å². The Morgan fingerprint density at radius 2 is 1.02 bits per heavy atom. The maximum atomic E-state index is 14.5. The summed E-state index contributed by atoms with van der Waals surface area (Å²) in [6.07, 6.45) is 0.465. The van der Waals surface area contributed by atoms with Gasteiger partial charge in [-0.25, -0.2) is 17.6 Å². The lowest BCUT2D eigenvalue weighted by Gasteiger charge is -2.16. The van der Waals surface area contributed by atoms with Crippen LogP contribution in [0.5, 0.6) is 0 Å². The van der Waals surface area contributed by atoms with Gasteiger partial charge in [0.15, 0.2) is 17.1 Å². The quantitative estimate of drug-likeness (QED) is 0.128. The van der Waals surface area contributed by atoms with Crippen LogP contribution in [-0.2, 0) is 0 Å². The number of halogens is 4. The van der Waals surface area contributed by atoms with Crippen LogP contribution in [-0.4, -0.2) is 25.7 Å². The zero-order valence-corrected chi connectivity index (χ0v) is 30.0. The number of rotatable bonds is 5. The molecule has 0 atom stereocenters. The van der Waals surface area contributed by atoms with Gasteiger partial charge >= 0.3 is 0 Å². The predicted molar refractivity (Wildman–Crippen MR) is 199 cm³/mol. The predicted octanol–water partition coefficient (Wildman–Crippen LogP) is 9.20. The topological polar surface area (TPSA) is 113 Å². The second kappa shape index (κ2) is 14.2. The van der Waals surface area contributed by atoms with Gasteiger partial charge in [-0.2, -0.15) is 0 Å². The molecule has 0 saturated carbocycles. The first-order chi connectivity index (χ1) is 26.3. The van der Waals surface area contributed by atoms with Gasteiger partial charge in [0.1, 0.15) is 34.8 Å². The third-order valence-corrected chi connectivity index (χ3v) is 9.30. The monoisotopic (exact) mass is 746 g/mol. The summed E-state index contributed by atoms with van der Waals surface area (Å²) in [5, 5.41) is 8.63. The molecule has 4 heterocycles. The van der Waals surface area contributed by atoms with E-state index < -0.39 is 23.3 Å². The van der Waals surface area contributed by atoms with Crippen molar-refractivity contribution in [2.45, 2.75) is 34.6 Å². The van der Waals surface area contributed by atoms with Gasteiger partial charge in [-0.15, -0.1) is 0 Å². The molecule has 0 bridgehead atoms. The summed E-state index contributed by atoms with van der Waals surface area (Å²) < 4.78 is 69.1. The molecule has 13 heteroatoms. The number of benzene rings is 4. The van der Waals surface area contributed by atoms with E-state index in [1.165, 1.54) is 28.8 Å². The molecule has 8 aromatic rings. The molecule has 4 aromatic heterocycles. The second-order valence-corrected chi connectivity index (χ2v) is 12.9. The number of carbonyl (C=O) groups excluding carboxylic acids is 1. The van der Waals surface area contributed by atoms with Crippen molar-refractivity contribution in [1.29, 1.82) is 0 Å². The Labute approximate surface area is 309 Å². The van der Waals surface area contributed by atoms with E-state index >= 15 is 0 Å². The van der Waals surface area contributed by atoms with Crippen molar-refractivity contribution < 1.29 is 31.4 Å². The highest BCUT2D eigenvalue weighted by Gasteiger charge is 2.19. The van der Waals surface area contributed by atoms with Gasteiger partial charge in [0.25, 0.3) is 0 Å². The van der Waals surface area contributed by atoms with Crippen molar-refractivity contribution in [2.24, 2.45) is 0 Å². The molecule has 4 aromatic carbocycles. The largest absolute Gasteiger partial charge is 0.361 e. The van der Waals surface area contributed by atoms with Crippen molar-refractivity contribution in [2.75, 3.05) is 0 Å². The lowest BCUT2D eigenvalue weighted by atomic mass is 10.0. The average Bonchev–Trinajstić information content (AvgIpc) is 3.67. The number of aromatic nitrogens is 4. The van der Waals surface area contributed by atoms with Gasteiger partial charge in [0.05, 0.1) is 39.5 Å².